The first-order valence-electron chi connectivity index (χ1n) is 11.6. The fourth-order valence-corrected chi connectivity index (χ4v) is 4.33. The molecule has 0 radical (unpaired) electrons. The largest absolute Gasteiger partial charge is 0.484 e. The van der Waals surface area contributed by atoms with Gasteiger partial charge >= 0.3 is 0 Å². The van der Waals surface area contributed by atoms with Gasteiger partial charge in [-0.15, -0.1) is 0 Å². The SMILES string of the molecule is CC1CCCC(C)N1C(=O)COc1ccc(C(=O)Nc2ccc(-n3ccc(C(N)=O)n3)cc2)cc1. The summed E-state index contributed by atoms with van der Waals surface area (Å²) in [6, 6.07) is 15.7. The molecule has 2 aromatic carbocycles. The van der Waals surface area contributed by atoms with Gasteiger partial charge in [0.25, 0.3) is 17.7 Å². The number of hydrogen-bond acceptors (Lipinski definition) is 5. The number of amides is 3. The van der Waals surface area contributed by atoms with Gasteiger partial charge in [0.1, 0.15) is 11.4 Å². The first-order valence-corrected chi connectivity index (χ1v) is 11.6. The van der Waals surface area contributed by atoms with Crippen LogP contribution < -0.4 is 15.8 Å². The van der Waals surface area contributed by atoms with Crippen molar-refractivity contribution in [3.05, 3.63) is 72.1 Å². The molecule has 1 saturated heterocycles. The molecule has 3 amide bonds. The van der Waals surface area contributed by atoms with Crippen molar-refractivity contribution >= 4 is 23.4 Å². The quantitative estimate of drug-likeness (QED) is 0.543. The number of anilines is 1. The van der Waals surface area contributed by atoms with Gasteiger partial charge in [-0.25, -0.2) is 4.68 Å². The number of primary amides is 1. The Labute approximate surface area is 203 Å². The van der Waals surface area contributed by atoms with Gasteiger partial charge in [0.2, 0.25) is 0 Å². The van der Waals surface area contributed by atoms with Crippen LogP contribution in [0, 0.1) is 0 Å². The van der Waals surface area contributed by atoms with Crippen molar-refractivity contribution in [2.24, 2.45) is 5.73 Å². The number of benzene rings is 2. The lowest BCUT2D eigenvalue weighted by Gasteiger charge is -2.38. The molecule has 2 unspecified atom stereocenters. The van der Waals surface area contributed by atoms with Crippen LogP contribution in [-0.2, 0) is 4.79 Å². The Hall–Kier alpha value is -4.14. The average molecular weight is 476 g/mol. The minimum absolute atomic E-state index is 0.0177. The number of nitrogens with zero attached hydrogens (tertiary/aromatic N) is 3. The van der Waals surface area contributed by atoms with Crippen LogP contribution in [0.15, 0.2) is 60.8 Å². The third-order valence-electron chi connectivity index (χ3n) is 6.19. The zero-order valence-corrected chi connectivity index (χ0v) is 19.8. The van der Waals surface area contributed by atoms with Crippen molar-refractivity contribution in [1.82, 2.24) is 14.7 Å². The zero-order chi connectivity index (χ0) is 24.9. The highest BCUT2D eigenvalue weighted by atomic mass is 16.5. The third-order valence-corrected chi connectivity index (χ3v) is 6.19. The first kappa shape index (κ1) is 24.0. The van der Waals surface area contributed by atoms with Gasteiger partial charge in [0, 0.05) is 29.5 Å². The Morgan fingerprint density at radius 2 is 1.66 bits per heavy atom. The standard InChI is InChI=1S/C26H29N5O4/c1-17-4-3-5-18(2)31(17)24(32)16-35-22-12-6-19(7-13-22)26(34)28-20-8-10-21(11-9-20)30-15-14-23(29-30)25(27)33/h6-15,17-18H,3-5,16H2,1-2H3,(H2,27,33)(H,28,34). The van der Waals surface area contributed by atoms with Gasteiger partial charge in [-0.1, -0.05) is 0 Å². The molecule has 2 atom stereocenters. The van der Waals surface area contributed by atoms with E-state index in [1.54, 1.807) is 54.7 Å². The Morgan fingerprint density at radius 1 is 1.00 bits per heavy atom. The van der Waals surface area contributed by atoms with E-state index >= 15 is 0 Å². The summed E-state index contributed by atoms with van der Waals surface area (Å²) in [5.41, 5.74) is 7.20. The van der Waals surface area contributed by atoms with Crippen molar-refractivity contribution in [2.45, 2.75) is 45.2 Å². The number of carbonyl (C=O) groups is 3. The molecule has 1 aromatic heterocycles. The van der Waals surface area contributed by atoms with Gasteiger partial charge in [-0.2, -0.15) is 5.10 Å². The molecule has 4 rings (SSSR count). The fraction of sp³-hybridized carbons (Fsp3) is 0.308. The Balaban J connectivity index is 1.31. The number of nitrogens with one attached hydrogen (secondary N) is 1. The molecular weight excluding hydrogens is 446 g/mol. The number of ether oxygens (including phenoxy) is 1. The van der Waals surface area contributed by atoms with Crippen LogP contribution >= 0.6 is 0 Å². The fourth-order valence-electron chi connectivity index (χ4n) is 4.33. The van der Waals surface area contributed by atoms with Crippen LogP contribution in [0.2, 0.25) is 0 Å². The lowest BCUT2D eigenvalue weighted by molar-refractivity contribution is -0.139. The maximum atomic E-state index is 12.6. The van der Waals surface area contributed by atoms with Crippen LogP contribution in [0.4, 0.5) is 5.69 Å². The minimum Gasteiger partial charge on any atom is -0.484 e. The van der Waals surface area contributed by atoms with E-state index in [0.717, 1.165) is 24.9 Å². The molecule has 1 aliphatic heterocycles. The van der Waals surface area contributed by atoms with E-state index in [2.05, 4.69) is 24.3 Å². The number of aromatic nitrogens is 2. The Kier molecular flexibility index (Phi) is 7.14. The maximum absolute atomic E-state index is 12.6. The molecule has 0 saturated carbocycles. The van der Waals surface area contributed by atoms with Gasteiger partial charge in [-0.3, -0.25) is 14.4 Å². The number of piperidine rings is 1. The summed E-state index contributed by atoms with van der Waals surface area (Å²) in [6.45, 7) is 4.13. The summed E-state index contributed by atoms with van der Waals surface area (Å²) in [4.78, 5) is 38.4. The van der Waals surface area contributed by atoms with Gasteiger partial charge < -0.3 is 20.7 Å². The lowest BCUT2D eigenvalue weighted by atomic mass is 9.97. The molecule has 35 heavy (non-hydrogen) atoms. The molecule has 1 aliphatic rings. The Bertz CT molecular complexity index is 1190. The van der Waals surface area contributed by atoms with Crippen LogP contribution in [0.5, 0.6) is 5.75 Å². The molecule has 3 N–H and O–H groups in total. The molecule has 0 spiro atoms. The van der Waals surface area contributed by atoms with Crippen molar-refractivity contribution in [3.63, 3.8) is 0 Å². The second-order valence-corrected chi connectivity index (χ2v) is 8.75. The summed E-state index contributed by atoms with van der Waals surface area (Å²) in [5, 5.41) is 6.94. The van der Waals surface area contributed by atoms with E-state index in [9.17, 15) is 14.4 Å². The highest BCUT2D eigenvalue weighted by Gasteiger charge is 2.29. The molecule has 0 bridgehead atoms. The smallest absolute Gasteiger partial charge is 0.269 e. The maximum Gasteiger partial charge on any atom is 0.269 e. The second-order valence-electron chi connectivity index (χ2n) is 8.75. The highest BCUT2D eigenvalue weighted by molar-refractivity contribution is 6.04. The topological polar surface area (TPSA) is 120 Å². The predicted octanol–water partition coefficient (Wildman–Crippen LogP) is 3.39. The lowest BCUT2D eigenvalue weighted by Crippen LogP contribution is -2.49. The molecule has 1 fully saturated rings. The van der Waals surface area contributed by atoms with E-state index in [1.165, 1.54) is 10.7 Å². The van der Waals surface area contributed by atoms with Crippen LogP contribution in [0.3, 0.4) is 0 Å². The number of nitrogens with two attached hydrogens (primary N) is 1. The van der Waals surface area contributed by atoms with E-state index in [-0.39, 0.29) is 36.2 Å². The van der Waals surface area contributed by atoms with Crippen LogP contribution in [0.1, 0.15) is 54.0 Å². The second kappa shape index (κ2) is 10.4. The number of hydrogen-bond donors (Lipinski definition) is 2. The first-order chi connectivity index (χ1) is 16.8. The zero-order valence-electron chi connectivity index (χ0n) is 19.8. The summed E-state index contributed by atoms with van der Waals surface area (Å²) in [6.07, 6.45) is 4.81. The molecule has 2 heterocycles. The Morgan fingerprint density at radius 3 is 2.26 bits per heavy atom. The van der Waals surface area contributed by atoms with Gasteiger partial charge in [0.05, 0.1) is 5.69 Å². The normalized spacial score (nSPS) is 17.6. The van der Waals surface area contributed by atoms with Crippen molar-refractivity contribution in [1.29, 1.82) is 0 Å². The molecule has 9 nitrogen and oxygen atoms in total. The average Bonchev–Trinajstić information content (AvgIpc) is 3.34. The number of rotatable bonds is 7. The summed E-state index contributed by atoms with van der Waals surface area (Å²) < 4.78 is 7.21. The summed E-state index contributed by atoms with van der Waals surface area (Å²) >= 11 is 0. The van der Waals surface area contributed by atoms with Crippen molar-refractivity contribution in [2.75, 3.05) is 11.9 Å². The summed E-state index contributed by atoms with van der Waals surface area (Å²) in [5.74, 6) is -0.352. The predicted molar refractivity (Wildman–Crippen MR) is 132 cm³/mol. The van der Waals surface area contributed by atoms with Gasteiger partial charge in [-0.05, 0) is 87.7 Å². The van der Waals surface area contributed by atoms with E-state index < -0.39 is 5.91 Å². The highest BCUT2D eigenvalue weighted by Crippen LogP contribution is 2.23. The van der Waals surface area contributed by atoms with Gasteiger partial charge in [0.15, 0.2) is 6.61 Å². The van der Waals surface area contributed by atoms with Crippen molar-refractivity contribution < 1.29 is 19.1 Å². The van der Waals surface area contributed by atoms with E-state index in [4.69, 9.17) is 10.5 Å². The minimum atomic E-state index is -0.596. The van der Waals surface area contributed by atoms with Crippen LogP contribution in [0.25, 0.3) is 5.69 Å². The molecule has 182 valence electrons. The van der Waals surface area contributed by atoms with Crippen molar-refractivity contribution in [3.8, 4) is 11.4 Å². The molecule has 9 heteroatoms. The van der Waals surface area contributed by atoms with E-state index in [0.29, 0.717) is 17.0 Å². The molecule has 3 aromatic rings. The molecular formula is C26H29N5O4. The molecule has 0 aliphatic carbocycles. The monoisotopic (exact) mass is 475 g/mol. The summed E-state index contributed by atoms with van der Waals surface area (Å²) in [7, 11) is 0. The number of likely N-dealkylation sites (tertiary alicyclic amines) is 1. The van der Waals surface area contributed by atoms with Crippen LogP contribution in [-0.4, -0.2) is 51.1 Å². The third kappa shape index (κ3) is 5.68. The number of carbonyl (C=O) groups excluding carboxylic acids is 3. The van der Waals surface area contributed by atoms with E-state index in [1.807, 2.05) is 4.90 Å².